The molecule has 1 atom stereocenters. The molecule has 5 heteroatoms. The first-order valence-corrected chi connectivity index (χ1v) is 6.75. The second kappa shape index (κ2) is 7.85. The van der Waals surface area contributed by atoms with Crippen molar-refractivity contribution in [1.82, 2.24) is 5.32 Å². The highest BCUT2D eigenvalue weighted by Gasteiger charge is 2.21. The number of halogens is 1. The number of carbonyl (C=O) groups is 1. The lowest BCUT2D eigenvalue weighted by atomic mass is 10.2. The van der Waals surface area contributed by atoms with Gasteiger partial charge in [0.2, 0.25) is 0 Å². The van der Waals surface area contributed by atoms with E-state index in [1.165, 1.54) is 6.07 Å². The van der Waals surface area contributed by atoms with Gasteiger partial charge in [0.25, 0.3) is 0 Å². The van der Waals surface area contributed by atoms with Gasteiger partial charge in [-0.3, -0.25) is 10.1 Å². The van der Waals surface area contributed by atoms with Crippen LogP contribution < -0.4 is 10.1 Å². The topological polar surface area (TPSA) is 47.6 Å². The van der Waals surface area contributed by atoms with Crippen LogP contribution in [0.1, 0.15) is 26.3 Å². The van der Waals surface area contributed by atoms with Crippen molar-refractivity contribution < 1.29 is 18.7 Å². The maximum atomic E-state index is 13.2. The average molecular weight is 283 g/mol. The Hall–Kier alpha value is -1.62. The zero-order chi connectivity index (χ0) is 15.1. The number of ether oxygens (including phenoxy) is 2. The molecule has 1 unspecified atom stereocenters. The Kier molecular flexibility index (Phi) is 6.45. The highest BCUT2D eigenvalue weighted by molar-refractivity contribution is 5.76. The van der Waals surface area contributed by atoms with E-state index in [4.69, 9.17) is 9.47 Å². The van der Waals surface area contributed by atoms with E-state index < -0.39 is 6.04 Å². The Labute approximate surface area is 119 Å². The third kappa shape index (κ3) is 5.17. The van der Waals surface area contributed by atoms with Crippen molar-refractivity contribution in [3.05, 3.63) is 29.6 Å². The van der Waals surface area contributed by atoms with E-state index in [0.29, 0.717) is 17.9 Å². The van der Waals surface area contributed by atoms with Gasteiger partial charge in [-0.2, -0.15) is 0 Å². The summed E-state index contributed by atoms with van der Waals surface area (Å²) in [4.78, 5) is 11.8. The van der Waals surface area contributed by atoms with E-state index in [0.717, 1.165) is 0 Å². The first-order chi connectivity index (χ1) is 9.43. The molecule has 112 valence electrons. The van der Waals surface area contributed by atoms with Crippen molar-refractivity contribution in [2.24, 2.45) is 0 Å². The molecule has 4 nitrogen and oxygen atoms in total. The molecule has 0 saturated heterocycles. The van der Waals surface area contributed by atoms with Crippen molar-refractivity contribution in [3.8, 4) is 5.75 Å². The Morgan fingerprint density at radius 1 is 1.40 bits per heavy atom. The van der Waals surface area contributed by atoms with Crippen LogP contribution in [0.15, 0.2) is 18.2 Å². The molecule has 0 spiro atoms. The zero-order valence-electron chi connectivity index (χ0n) is 12.4. The number of benzene rings is 1. The normalized spacial score (nSPS) is 12.3. The van der Waals surface area contributed by atoms with Crippen molar-refractivity contribution in [2.45, 2.75) is 39.8 Å². The largest absolute Gasteiger partial charge is 0.491 e. The molecule has 1 aromatic rings. The van der Waals surface area contributed by atoms with Crippen molar-refractivity contribution >= 4 is 5.97 Å². The summed E-state index contributed by atoms with van der Waals surface area (Å²) in [5.74, 6) is -0.0941. The minimum atomic E-state index is -0.541. The minimum Gasteiger partial charge on any atom is -0.491 e. The van der Waals surface area contributed by atoms with Crippen LogP contribution in [0.3, 0.4) is 0 Å². The summed E-state index contributed by atoms with van der Waals surface area (Å²) in [5, 5.41) is 3.09. The predicted octanol–water partition coefficient (Wildman–Crippen LogP) is 2.44. The summed E-state index contributed by atoms with van der Waals surface area (Å²) >= 11 is 0. The van der Waals surface area contributed by atoms with Gasteiger partial charge < -0.3 is 9.47 Å². The first-order valence-electron chi connectivity index (χ1n) is 6.75. The highest BCUT2D eigenvalue weighted by Crippen LogP contribution is 2.16. The number of nitrogens with one attached hydrogen (secondary N) is 1. The third-order valence-electron chi connectivity index (χ3n) is 2.65. The summed E-state index contributed by atoms with van der Waals surface area (Å²) in [5.41, 5.74) is 0.506. The van der Waals surface area contributed by atoms with Crippen LogP contribution >= 0.6 is 0 Å². The van der Waals surface area contributed by atoms with Crippen LogP contribution in [0, 0.1) is 12.7 Å². The summed E-state index contributed by atoms with van der Waals surface area (Å²) in [6.07, 6.45) is 0. The van der Waals surface area contributed by atoms with Crippen molar-refractivity contribution in [1.29, 1.82) is 0 Å². The molecule has 0 aliphatic rings. The molecule has 0 aliphatic heterocycles. The lowest BCUT2D eigenvalue weighted by Gasteiger charge is -2.20. The number of esters is 1. The third-order valence-corrected chi connectivity index (χ3v) is 2.65. The van der Waals surface area contributed by atoms with Crippen LogP contribution in [-0.4, -0.2) is 31.3 Å². The van der Waals surface area contributed by atoms with Crippen LogP contribution in [0.2, 0.25) is 0 Å². The predicted molar refractivity (Wildman–Crippen MR) is 75.3 cm³/mol. The van der Waals surface area contributed by atoms with E-state index in [-0.39, 0.29) is 24.4 Å². The second-order valence-electron chi connectivity index (χ2n) is 4.85. The number of aryl methyl sites for hydroxylation is 1. The van der Waals surface area contributed by atoms with Gasteiger partial charge in [-0.1, -0.05) is 13.8 Å². The summed E-state index contributed by atoms with van der Waals surface area (Å²) in [6, 6.07) is 4.08. The van der Waals surface area contributed by atoms with Gasteiger partial charge in [0, 0.05) is 6.04 Å². The number of hydrogen-bond donors (Lipinski definition) is 1. The van der Waals surface area contributed by atoms with Crippen LogP contribution in [0.5, 0.6) is 5.75 Å². The zero-order valence-corrected chi connectivity index (χ0v) is 12.4. The van der Waals surface area contributed by atoms with Gasteiger partial charge in [-0.15, -0.1) is 0 Å². The Balaban J connectivity index is 2.65. The number of rotatable bonds is 7. The standard InChI is InChI=1S/C15H22FNO3/c1-5-19-15(18)14(17-10(2)3)9-20-12-6-7-13(16)11(4)8-12/h6-8,10,14,17H,5,9H2,1-4H3. The molecule has 0 saturated carbocycles. The highest BCUT2D eigenvalue weighted by atomic mass is 19.1. The maximum Gasteiger partial charge on any atom is 0.326 e. The molecule has 1 rings (SSSR count). The van der Waals surface area contributed by atoms with Crippen LogP contribution in [0.4, 0.5) is 4.39 Å². The van der Waals surface area contributed by atoms with Gasteiger partial charge in [0.05, 0.1) is 6.61 Å². The fourth-order valence-corrected chi connectivity index (χ4v) is 1.72. The van der Waals surface area contributed by atoms with E-state index in [2.05, 4.69) is 5.32 Å². The summed E-state index contributed by atoms with van der Waals surface area (Å²) in [7, 11) is 0. The molecule has 0 aliphatic carbocycles. The SMILES string of the molecule is CCOC(=O)C(COc1ccc(F)c(C)c1)NC(C)C. The Morgan fingerprint density at radius 2 is 2.10 bits per heavy atom. The van der Waals surface area contributed by atoms with E-state index in [9.17, 15) is 9.18 Å². The molecular formula is C15H22FNO3. The fraction of sp³-hybridized carbons (Fsp3) is 0.533. The average Bonchev–Trinajstić information content (AvgIpc) is 2.38. The van der Waals surface area contributed by atoms with Crippen LogP contribution in [0.25, 0.3) is 0 Å². The van der Waals surface area contributed by atoms with Crippen molar-refractivity contribution in [2.75, 3.05) is 13.2 Å². The second-order valence-corrected chi connectivity index (χ2v) is 4.85. The molecule has 0 fully saturated rings. The van der Waals surface area contributed by atoms with Gasteiger partial charge >= 0.3 is 5.97 Å². The summed E-state index contributed by atoms with van der Waals surface area (Å²) < 4.78 is 23.7. The Morgan fingerprint density at radius 3 is 2.65 bits per heavy atom. The van der Waals surface area contributed by atoms with E-state index in [1.807, 2.05) is 13.8 Å². The van der Waals surface area contributed by atoms with Gasteiger partial charge in [-0.25, -0.2) is 4.39 Å². The first kappa shape index (κ1) is 16.4. The molecule has 20 heavy (non-hydrogen) atoms. The number of carbonyl (C=O) groups excluding carboxylic acids is 1. The van der Waals surface area contributed by atoms with E-state index in [1.54, 1.807) is 26.0 Å². The van der Waals surface area contributed by atoms with Gasteiger partial charge in [0.15, 0.2) is 0 Å². The fourth-order valence-electron chi connectivity index (χ4n) is 1.72. The minimum absolute atomic E-state index is 0.128. The molecule has 0 aromatic heterocycles. The lowest BCUT2D eigenvalue weighted by molar-refractivity contribution is -0.146. The molecule has 0 amide bonds. The molecular weight excluding hydrogens is 261 g/mol. The molecule has 0 radical (unpaired) electrons. The molecule has 0 heterocycles. The van der Waals surface area contributed by atoms with Crippen LogP contribution in [-0.2, 0) is 9.53 Å². The summed E-state index contributed by atoms with van der Waals surface area (Å²) in [6.45, 7) is 7.77. The number of hydrogen-bond acceptors (Lipinski definition) is 4. The maximum absolute atomic E-state index is 13.2. The molecule has 1 aromatic carbocycles. The molecule has 1 N–H and O–H groups in total. The van der Waals surface area contributed by atoms with Gasteiger partial charge in [-0.05, 0) is 37.6 Å². The Bertz CT molecular complexity index is 449. The smallest absolute Gasteiger partial charge is 0.326 e. The lowest BCUT2D eigenvalue weighted by Crippen LogP contribution is -2.45. The monoisotopic (exact) mass is 283 g/mol. The molecule has 0 bridgehead atoms. The van der Waals surface area contributed by atoms with Gasteiger partial charge in [0.1, 0.15) is 24.2 Å². The van der Waals surface area contributed by atoms with E-state index >= 15 is 0 Å². The van der Waals surface area contributed by atoms with Crippen molar-refractivity contribution in [3.63, 3.8) is 0 Å². The quantitative estimate of drug-likeness (QED) is 0.781.